The van der Waals surface area contributed by atoms with Gasteiger partial charge >= 0.3 is 0 Å². The lowest BCUT2D eigenvalue weighted by Crippen LogP contribution is -1.92. The van der Waals surface area contributed by atoms with E-state index >= 15 is 0 Å². The van der Waals surface area contributed by atoms with Crippen LogP contribution in [0.15, 0.2) is 41.7 Å². The van der Waals surface area contributed by atoms with Crippen molar-refractivity contribution in [3.05, 3.63) is 52.8 Å². The van der Waals surface area contributed by atoms with Crippen LogP contribution in [-0.2, 0) is 6.42 Å². The first-order chi connectivity index (χ1) is 6.86. The van der Waals surface area contributed by atoms with Crippen LogP contribution >= 0.6 is 15.9 Å². The zero-order valence-corrected chi connectivity index (χ0v) is 8.98. The van der Waals surface area contributed by atoms with Gasteiger partial charge in [0.1, 0.15) is 10.9 Å². The van der Waals surface area contributed by atoms with Crippen LogP contribution in [0.25, 0.3) is 0 Å². The average molecular weight is 250 g/mol. The molecule has 2 heterocycles. The summed E-state index contributed by atoms with van der Waals surface area (Å²) in [6.45, 7) is 0. The molecule has 14 heavy (non-hydrogen) atoms. The smallest absolute Gasteiger partial charge is 0.116 e. The summed E-state index contributed by atoms with van der Waals surface area (Å²) in [5.74, 6) is 0. The number of halogens is 1. The summed E-state index contributed by atoms with van der Waals surface area (Å²) >= 11 is 3.39. The number of hydrogen-bond acceptors (Lipinski definition) is 3. The highest BCUT2D eigenvalue weighted by atomic mass is 79.9. The largest absolute Gasteiger partial charge is 0.265 e. The van der Waals surface area contributed by atoms with Crippen LogP contribution in [0.3, 0.4) is 0 Å². The lowest BCUT2D eigenvalue weighted by Gasteiger charge is -2.01. The Morgan fingerprint density at radius 1 is 1.14 bits per heavy atom. The predicted molar refractivity (Wildman–Crippen MR) is 56.8 cm³/mol. The Kier molecular flexibility index (Phi) is 2.84. The molecule has 0 aliphatic heterocycles. The van der Waals surface area contributed by atoms with Gasteiger partial charge in [0.2, 0.25) is 0 Å². The molecule has 0 fully saturated rings. The fraction of sp³-hybridized carbons (Fsp3) is 0.100. The molecule has 0 aliphatic rings. The van der Waals surface area contributed by atoms with Gasteiger partial charge in [-0.25, -0.2) is 9.97 Å². The molecule has 0 spiro atoms. The van der Waals surface area contributed by atoms with Crippen molar-refractivity contribution in [2.45, 2.75) is 6.42 Å². The highest BCUT2D eigenvalue weighted by Gasteiger charge is 2.01. The van der Waals surface area contributed by atoms with Gasteiger partial charge in [0.15, 0.2) is 0 Å². The molecule has 0 amide bonds. The minimum absolute atomic E-state index is 0.823. The predicted octanol–water partition coefficient (Wildman–Crippen LogP) is 2.22. The molecule has 0 unspecified atom stereocenters. The molecule has 0 saturated heterocycles. The second-order valence-electron chi connectivity index (χ2n) is 2.87. The monoisotopic (exact) mass is 249 g/mol. The van der Waals surface area contributed by atoms with Gasteiger partial charge in [0.05, 0.1) is 0 Å². The van der Waals surface area contributed by atoms with Gasteiger partial charge < -0.3 is 0 Å². The maximum atomic E-state index is 4.07. The lowest BCUT2D eigenvalue weighted by molar-refractivity contribution is 1.04. The SMILES string of the molecule is Brc1ncncc1Cc1ccncc1. The maximum Gasteiger partial charge on any atom is 0.116 e. The number of hydrogen-bond donors (Lipinski definition) is 0. The van der Waals surface area contributed by atoms with Gasteiger partial charge in [0, 0.05) is 30.6 Å². The van der Waals surface area contributed by atoms with Crippen molar-refractivity contribution in [2.75, 3.05) is 0 Å². The molecule has 2 aromatic rings. The molecule has 0 aliphatic carbocycles. The molecule has 2 rings (SSSR count). The Labute approximate surface area is 90.4 Å². The van der Waals surface area contributed by atoms with Crippen molar-refractivity contribution < 1.29 is 0 Å². The Balaban J connectivity index is 2.24. The first kappa shape index (κ1) is 9.27. The Bertz CT molecular complexity index is 417. The van der Waals surface area contributed by atoms with E-state index in [-0.39, 0.29) is 0 Å². The Hall–Kier alpha value is -1.29. The second kappa shape index (κ2) is 4.28. The zero-order chi connectivity index (χ0) is 9.80. The molecular weight excluding hydrogens is 242 g/mol. The van der Waals surface area contributed by atoms with E-state index in [1.165, 1.54) is 11.9 Å². The zero-order valence-electron chi connectivity index (χ0n) is 7.39. The van der Waals surface area contributed by atoms with Crippen LogP contribution in [0.2, 0.25) is 0 Å². The van der Waals surface area contributed by atoms with Crippen molar-refractivity contribution >= 4 is 15.9 Å². The minimum Gasteiger partial charge on any atom is -0.265 e. The summed E-state index contributed by atoms with van der Waals surface area (Å²) in [7, 11) is 0. The number of rotatable bonds is 2. The van der Waals surface area contributed by atoms with E-state index in [0.29, 0.717) is 0 Å². The van der Waals surface area contributed by atoms with E-state index in [1.807, 2.05) is 18.3 Å². The fourth-order valence-corrected chi connectivity index (χ4v) is 1.52. The van der Waals surface area contributed by atoms with Gasteiger partial charge in [-0.3, -0.25) is 4.98 Å². The Morgan fingerprint density at radius 2 is 1.93 bits per heavy atom. The molecule has 0 aromatic carbocycles. The van der Waals surface area contributed by atoms with Gasteiger partial charge in [-0.15, -0.1) is 0 Å². The molecule has 2 aromatic heterocycles. The van der Waals surface area contributed by atoms with E-state index in [9.17, 15) is 0 Å². The maximum absolute atomic E-state index is 4.07. The molecule has 4 heteroatoms. The van der Waals surface area contributed by atoms with Gasteiger partial charge in [-0.2, -0.15) is 0 Å². The van der Waals surface area contributed by atoms with Crippen LogP contribution in [-0.4, -0.2) is 15.0 Å². The van der Waals surface area contributed by atoms with Crippen molar-refractivity contribution in [1.82, 2.24) is 15.0 Å². The van der Waals surface area contributed by atoms with Crippen LogP contribution in [0.4, 0.5) is 0 Å². The lowest BCUT2D eigenvalue weighted by atomic mass is 10.1. The second-order valence-corrected chi connectivity index (χ2v) is 3.62. The molecule has 70 valence electrons. The molecule has 0 atom stereocenters. The summed E-state index contributed by atoms with van der Waals surface area (Å²) in [6, 6.07) is 3.97. The summed E-state index contributed by atoms with van der Waals surface area (Å²) < 4.78 is 0.851. The molecule has 0 N–H and O–H groups in total. The van der Waals surface area contributed by atoms with Crippen LogP contribution in [0.1, 0.15) is 11.1 Å². The van der Waals surface area contributed by atoms with E-state index < -0.39 is 0 Å². The molecule has 0 radical (unpaired) electrons. The molecular formula is C10H8BrN3. The number of pyridine rings is 1. The summed E-state index contributed by atoms with van der Waals surface area (Å²) in [6.07, 6.45) is 7.74. The number of aromatic nitrogens is 3. The summed E-state index contributed by atoms with van der Waals surface area (Å²) in [5, 5.41) is 0. The van der Waals surface area contributed by atoms with E-state index in [1.54, 1.807) is 12.4 Å². The normalized spacial score (nSPS) is 10.1. The van der Waals surface area contributed by atoms with Crippen LogP contribution < -0.4 is 0 Å². The number of nitrogens with zero attached hydrogens (tertiary/aromatic N) is 3. The minimum atomic E-state index is 0.823. The third-order valence-electron chi connectivity index (χ3n) is 1.88. The molecule has 0 bridgehead atoms. The summed E-state index contributed by atoms with van der Waals surface area (Å²) in [4.78, 5) is 12.0. The van der Waals surface area contributed by atoms with Crippen LogP contribution in [0, 0.1) is 0 Å². The van der Waals surface area contributed by atoms with Gasteiger partial charge in [-0.05, 0) is 33.6 Å². The van der Waals surface area contributed by atoms with E-state index in [0.717, 1.165) is 16.6 Å². The van der Waals surface area contributed by atoms with Gasteiger partial charge in [-0.1, -0.05) is 0 Å². The quantitative estimate of drug-likeness (QED) is 0.767. The molecule has 3 nitrogen and oxygen atoms in total. The fourth-order valence-electron chi connectivity index (χ4n) is 1.18. The third-order valence-corrected chi connectivity index (χ3v) is 2.59. The van der Waals surface area contributed by atoms with Crippen molar-refractivity contribution in [2.24, 2.45) is 0 Å². The average Bonchev–Trinajstić information content (AvgIpc) is 2.23. The first-order valence-corrected chi connectivity index (χ1v) is 4.99. The Morgan fingerprint density at radius 3 is 2.64 bits per heavy atom. The van der Waals surface area contributed by atoms with Crippen molar-refractivity contribution in [3.63, 3.8) is 0 Å². The molecule has 0 saturated carbocycles. The standard InChI is InChI=1S/C10H8BrN3/c11-10-9(6-13-7-14-10)5-8-1-3-12-4-2-8/h1-4,6-7H,5H2. The van der Waals surface area contributed by atoms with Gasteiger partial charge in [0.25, 0.3) is 0 Å². The van der Waals surface area contributed by atoms with Crippen LogP contribution in [0.5, 0.6) is 0 Å². The van der Waals surface area contributed by atoms with Crippen molar-refractivity contribution in [3.8, 4) is 0 Å². The van der Waals surface area contributed by atoms with E-state index in [4.69, 9.17) is 0 Å². The third kappa shape index (κ3) is 2.14. The highest BCUT2D eigenvalue weighted by molar-refractivity contribution is 9.10. The van der Waals surface area contributed by atoms with Crippen molar-refractivity contribution in [1.29, 1.82) is 0 Å². The topological polar surface area (TPSA) is 38.7 Å². The first-order valence-electron chi connectivity index (χ1n) is 4.19. The van der Waals surface area contributed by atoms with E-state index in [2.05, 4.69) is 30.9 Å². The highest BCUT2D eigenvalue weighted by Crippen LogP contribution is 2.15. The summed E-state index contributed by atoms with van der Waals surface area (Å²) in [5.41, 5.74) is 2.29.